The highest BCUT2D eigenvalue weighted by atomic mass is 35.5. The molecule has 0 saturated carbocycles. The van der Waals surface area contributed by atoms with Crippen molar-refractivity contribution in [2.45, 2.75) is 12.5 Å². The van der Waals surface area contributed by atoms with Crippen molar-refractivity contribution >= 4 is 28.9 Å². The average Bonchev–Trinajstić information content (AvgIpc) is 2.64. The van der Waals surface area contributed by atoms with Gasteiger partial charge in [-0.2, -0.15) is 0 Å². The maximum absolute atomic E-state index is 12.6. The van der Waals surface area contributed by atoms with E-state index < -0.39 is 0 Å². The lowest BCUT2D eigenvalue weighted by molar-refractivity contribution is 0.0645. The van der Waals surface area contributed by atoms with Crippen LogP contribution >= 0.6 is 11.6 Å². The topological polar surface area (TPSA) is 62.8 Å². The van der Waals surface area contributed by atoms with Crippen LogP contribution < -0.4 is 15.4 Å². The van der Waals surface area contributed by atoms with Crippen LogP contribution in [0.1, 0.15) is 17.3 Å². The average molecular weight is 404 g/mol. The molecule has 2 aromatic rings. The summed E-state index contributed by atoms with van der Waals surface area (Å²) in [6.45, 7) is 4.57. The van der Waals surface area contributed by atoms with Gasteiger partial charge in [0.25, 0.3) is 5.91 Å². The molecule has 1 amide bonds. The summed E-state index contributed by atoms with van der Waals surface area (Å²) in [7, 11) is 4.03. The molecule has 1 aliphatic rings. The standard InChI is InChI=1S/C21H26ClN3O3/c1-21(13-27-10-9-25(2)3)14-28-19-8-7-15(11-18(19)24-21)20(26)23-17-6-4-5-16(22)12-17/h4-8,11-12,24H,9-10,13-14H2,1-3H3,(H,23,26). The summed E-state index contributed by atoms with van der Waals surface area (Å²) in [4.78, 5) is 14.7. The predicted octanol–water partition coefficient (Wildman–Crippen LogP) is 3.73. The highest BCUT2D eigenvalue weighted by molar-refractivity contribution is 6.31. The Hall–Kier alpha value is -2.28. The van der Waals surface area contributed by atoms with Gasteiger partial charge in [-0.1, -0.05) is 17.7 Å². The maximum Gasteiger partial charge on any atom is 0.255 e. The second-order valence-electron chi connectivity index (χ2n) is 7.51. The molecule has 150 valence electrons. The number of ether oxygens (including phenoxy) is 2. The number of nitrogens with zero attached hydrogens (tertiary/aromatic N) is 1. The molecular formula is C21H26ClN3O3. The molecule has 1 aliphatic heterocycles. The van der Waals surface area contributed by atoms with Gasteiger partial charge in [0.15, 0.2) is 0 Å². The quantitative estimate of drug-likeness (QED) is 0.689. The molecule has 7 heteroatoms. The summed E-state index contributed by atoms with van der Waals surface area (Å²) in [5.74, 6) is 0.520. The summed E-state index contributed by atoms with van der Waals surface area (Å²) < 4.78 is 11.7. The van der Waals surface area contributed by atoms with E-state index in [9.17, 15) is 4.79 Å². The number of halogens is 1. The molecule has 0 saturated heterocycles. The molecule has 3 rings (SSSR count). The molecule has 0 aromatic heterocycles. The van der Waals surface area contributed by atoms with Gasteiger partial charge in [-0.15, -0.1) is 0 Å². The molecule has 0 aliphatic carbocycles. The van der Waals surface area contributed by atoms with Gasteiger partial charge in [-0.05, 0) is 57.4 Å². The molecule has 1 atom stereocenters. The number of benzene rings is 2. The molecule has 0 radical (unpaired) electrons. The van der Waals surface area contributed by atoms with Gasteiger partial charge in [-0.3, -0.25) is 4.79 Å². The molecule has 2 N–H and O–H groups in total. The zero-order valence-corrected chi connectivity index (χ0v) is 17.2. The number of carbonyl (C=O) groups excluding carboxylic acids is 1. The first-order valence-electron chi connectivity index (χ1n) is 9.19. The van der Waals surface area contributed by atoms with Gasteiger partial charge in [-0.25, -0.2) is 0 Å². The van der Waals surface area contributed by atoms with Crippen molar-refractivity contribution in [2.75, 3.05) is 51.1 Å². The Morgan fingerprint density at radius 2 is 2.14 bits per heavy atom. The minimum absolute atomic E-state index is 0.207. The fraction of sp³-hybridized carbons (Fsp3) is 0.381. The van der Waals surface area contributed by atoms with Crippen molar-refractivity contribution in [3.05, 3.63) is 53.1 Å². The largest absolute Gasteiger partial charge is 0.489 e. The normalized spacial score (nSPS) is 18.2. The predicted molar refractivity (Wildman–Crippen MR) is 113 cm³/mol. The van der Waals surface area contributed by atoms with Crippen molar-refractivity contribution < 1.29 is 14.3 Å². The monoisotopic (exact) mass is 403 g/mol. The fourth-order valence-corrected chi connectivity index (χ4v) is 3.08. The molecule has 0 spiro atoms. The van der Waals surface area contributed by atoms with E-state index in [-0.39, 0.29) is 11.4 Å². The Morgan fingerprint density at radius 1 is 1.32 bits per heavy atom. The van der Waals surface area contributed by atoms with Crippen molar-refractivity contribution in [2.24, 2.45) is 0 Å². The molecule has 6 nitrogen and oxygen atoms in total. The minimum Gasteiger partial charge on any atom is -0.489 e. The van der Waals surface area contributed by atoms with Crippen LogP contribution in [-0.4, -0.2) is 56.8 Å². The van der Waals surface area contributed by atoms with Crippen LogP contribution in [0.2, 0.25) is 5.02 Å². The molecule has 2 aromatic carbocycles. The van der Waals surface area contributed by atoms with E-state index in [1.54, 1.807) is 36.4 Å². The highest BCUT2D eigenvalue weighted by Gasteiger charge is 2.31. The van der Waals surface area contributed by atoms with Gasteiger partial charge < -0.3 is 25.0 Å². The number of hydrogen-bond donors (Lipinski definition) is 2. The minimum atomic E-state index is -0.360. The van der Waals surface area contributed by atoms with Crippen LogP contribution in [0.4, 0.5) is 11.4 Å². The lowest BCUT2D eigenvalue weighted by Crippen LogP contribution is -2.48. The van der Waals surface area contributed by atoms with Crippen LogP contribution in [0.3, 0.4) is 0 Å². The number of likely N-dealkylation sites (N-methyl/N-ethyl adjacent to an activating group) is 1. The third kappa shape index (κ3) is 5.38. The first-order valence-corrected chi connectivity index (χ1v) is 9.57. The van der Waals surface area contributed by atoms with E-state index in [4.69, 9.17) is 21.1 Å². The smallest absolute Gasteiger partial charge is 0.255 e. The molecule has 28 heavy (non-hydrogen) atoms. The van der Waals surface area contributed by atoms with Gasteiger partial charge in [0.1, 0.15) is 12.4 Å². The second-order valence-corrected chi connectivity index (χ2v) is 7.94. The number of carbonyl (C=O) groups is 1. The fourth-order valence-electron chi connectivity index (χ4n) is 2.88. The van der Waals surface area contributed by atoms with Crippen LogP contribution in [-0.2, 0) is 4.74 Å². The summed E-state index contributed by atoms with van der Waals surface area (Å²) in [6.07, 6.45) is 0. The van der Waals surface area contributed by atoms with Gasteiger partial charge in [0, 0.05) is 22.8 Å². The highest BCUT2D eigenvalue weighted by Crippen LogP contribution is 2.33. The van der Waals surface area contributed by atoms with Crippen molar-refractivity contribution in [1.82, 2.24) is 4.90 Å². The maximum atomic E-state index is 12.6. The Balaban J connectivity index is 1.66. The van der Waals surface area contributed by atoms with Gasteiger partial charge in [0.05, 0.1) is 24.4 Å². The Morgan fingerprint density at radius 3 is 2.89 bits per heavy atom. The summed E-state index contributed by atoms with van der Waals surface area (Å²) in [6, 6.07) is 12.4. The van der Waals surface area contributed by atoms with Crippen LogP contribution in [0.25, 0.3) is 0 Å². The Bertz CT molecular complexity index is 843. The van der Waals surface area contributed by atoms with E-state index in [0.717, 1.165) is 18.0 Å². The SMILES string of the molecule is CN(C)CCOCC1(C)COc2ccc(C(=O)Nc3cccc(Cl)c3)cc2N1. The lowest BCUT2D eigenvalue weighted by Gasteiger charge is -2.36. The number of fused-ring (bicyclic) bond motifs is 1. The Labute approximate surface area is 170 Å². The van der Waals surface area contributed by atoms with E-state index in [2.05, 4.69) is 15.5 Å². The number of nitrogens with one attached hydrogen (secondary N) is 2. The van der Waals surface area contributed by atoms with Crippen molar-refractivity contribution in [1.29, 1.82) is 0 Å². The number of rotatable bonds is 7. The second kappa shape index (κ2) is 8.82. The summed E-state index contributed by atoms with van der Waals surface area (Å²) >= 11 is 5.98. The van der Waals surface area contributed by atoms with E-state index in [1.807, 2.05) is 27.1 Å². The van der Waals surface area contributed by atoms with E-state index >= 15 is 0 Å². The number of amides is 1. The molecule has 0 fully saturated rings. The van der Waals surface area contributed by atoms with E-state index in [1.165, 1.54) is 0 Å². The number of hydrogen-bond acceptors (Lipinski definition) is 5. The molecule has 0 bridgehead atoms. The van der Waals surface area contributed by atoms with Crippen molar-refractivity contribution in [3.63, 3.8) is 0 Å². The van der Waals surface area contributed by atoms with Gasteiger partial charge in [0.2, 0.25) is 0 Å². The van der Waals surface area contributed by atoms with Crippen molar-refractivity contribution in [3.8, 4) is 5.75 Å². The molecule has 1 unspecified atom stereocenters. The van der Waals surface area contributed by atoms with Crippen LogP contribution in [0, 0.1) is 0 Å². The molecular weight excluding hydrogens is 378 g/mol. The van der Waals surface area contributed by atoms with E-state index in [0.29, 0.717) is 36.1 Å². The Kier molecular flexibility index (Phi) is 6.44. The number of anilines is 2. The lowest BCUT2D eigenvalue weighted by atomic mass is 10.0. The summed E-state index contributed by atoms with van der Waals surface area (Å²) in [5.41, 5.74) is 1.61. The third-order valence-corrected chi connectivity index (χ3v) is 4.65. The van der Waals surface area contributed by atoms with Crippen LogP contribution in [0.15, 0.2) is 42.5 Å². The van der Waals surface area contributed by atoms with Crippen LogP contribution in [0.5, 0.6) is 5.75 Å². The summed E-state index contributed by atoms with van der Waals surface area (Å²) in [5, 5.41) is 6.90. The first-order chi connectivity index (χ1) is 13.3. The zero-order valence-electron chi connectivity index (χ0n) is 16.4. The zero-order chi connectivity index (χ0) is 20.1. The molecule has 1 heterocycles. The third-order valence-electron chi connectivity index (χ3n) is 4.41. The first kappa shape index (κ1) is 20.5. The van der Waals surface area contributed by atoms with Gasteiger partial charge >= 0.3 is 0 Å².